The smallest absolute Gasteiger partial charge is 0.277 e. The first-order valence-electron chi connectivity index (χ1n) is 15.1. The SMILES string of the molecule is [2H]C1([2H])CN(c2ccc(N3C(=O)C([2H])([2H])C([2H])([2H])C([2H])([2H])C3([2H])[2H])cc2)C(=O)c2c1c(C(N)=O)nn2-c1ccc(OC)cc1. The van der Waals surface area contributed by atoms with Gasteiger partial charge in [0.2, 0.25) is 5.91 Å². The third kappa shape index (κ3) is 3.68. The van der Waals surface area contributed by atoms with E-state index in [1.165, 1.54) is 31.4 Å². The Labute approximate surface area is 210 Å². The number of fused-ring (bicyclic) bond motifs is 1. The summed E-state index contributed by atoms with van der Waals surface area (Å²) in [6, 6.07) is 10.9. The van der Waals surface area contributed by atoms with Gasteiger partial charge in [0, 0.05) is 50.1 Å². The normalized spacial score (nSPS) is 27.7. The molecule has 1 fully saturated rings. The van der Waals surface area contributed by atoms with Gasteiger partial charge in [0.25, 0.3) is 11.8 Å². The minimum atomic E-state index is -3.52. The molecule has 2 aromatic carbocycles. The predicted octanol–water partition coefficient (Wildman–Crippen LogP) is 2.70. The van der Waals surface area contributed by atoms with Gasteiger partial charge in [-0.3, -0.25) is 14.4 Å². The molecule has 0 atom stereocenters. The Kier molecular flexibility index (Phi) is 3.29. The van der Waals surface area contributed by atoms with E-state index in [-0.39, 0.29) is 27.5 Å². The van der Waals surface area contributed by atoms with Crippen LogP contribution in [0.5, 0.6) is 5.75 Å². The number of amides is 3. The standard InChI is InChI=1S/C25H25N5O4/c1-34-19-11-9-18(10-12-19)30-23-20(22(27-30)24(26)32)13-15-29(25(23)33)17-7-5-16(6-8-17)28-14-3-2-4-21(28)31/h5-12H,2-4,13-15H2,1H3,(H2,26,32)/i2D2,3D2,4D2,13D2,14D2. The Hall–Kier alpha value is -4.14. The number of piperidine rings is 1. The molecule has 34 heavy (non-hydrogen) atoms. The lowest BCUT2D eigenvalue weighted by atomic mass is 10.0. The van der Waals surface area contributed by atoms with Crippen molar-refractivity contribution in [1.29, 1.82) is 0 Å². The number of rotatable bonds is 5. The first-order valence-corrected chi connectivity index (χ1v) is 10.1. The van der Waals surface area contributed by atoms with Gasteiger partial charge in [0.15, 0.2) is 5.69 Å². The Balaban J connectivity index is 1.58. The number of carbonyl (C=O) groups is 3. The number of hydrogen-bond acceptors (Lipinski definition) is 5. The topological polar surface area (TPSA) is 111 Å². The molecule has 0 aliphatic carbocycles. The van der Waals surface area contributed by atoms with Crippen LogP contribution in [0.2, 0.25) is 0 Å². The molecule has 0 radical (unpaired) electrons. The summed E-state index contributed by atoms with van der Waals surface area (Å²) in [6.07, 6.45) is -12.8. The van der Waals surface area contributed by atoms with Gasteiger partial charge >= 0.3 is 0 Å². The number of hydrogen-bond donors (Lipinski definition) is 1. The highest BCUT2D eigenvalue weighted by atomic mass is 16.5. The summed E-state index contributed by atoms with van der Waals surface area (Å²) in [4.78, 5) is 40.4. The van der Waals surface area contributed by atoms with Crippen LogP contribution in [-0.4, -0.2) is 47.7 Å². The van der Waals surface area contributed by atoms with Crippen molar-refractivity contribution in [3.05, 3.63) is 65.5 Å². The summed E-state index contributed by atoms with van der Waals surface area (Å²) in [7, 11) is 1.46. The molecule has 3 amide bonds. The highest BCUT2D eigenvalue weighted by Gasteiger charge is 2.34. The molecule has 0 spiro atoms. The Morgan fingerprint density at radius 1 is 0.971 bits per heavy atom. The van der Waals surface area contributed by atoms with E-state index in [2.05, 4.69) is 5.10 Å². The van der Waals surface area contributed by atoms with Crippen LogP contribution in [0.3, 0.4) is 0 Å². The number of nitrogens with zero attached hydrogens (tertiary/aromatic N) is 4. The molecule has 1 aromatic heterocycles. The highest BCUT2D eigenvalue weighted by Crippen LogP contribution is 2.31. The van der Waals surface area contributed by atoms with Gasteiger partial charge in [-0.15, -0.1) is 0 Å². The van der Waals surface area contributed by atoms with Crippen LogP contribution < -0.4 is 20.3 Å². The van der Waals surface area contributed by atoms with Crippen LogP contribution in [0, 0.1) is 0 Å². The van der Waals surface area contributed by atoms with Gasteiger partial charge in [0.1, 0.15) is 11.4 Å². The van der Waals surface area contributed by atoms with E-state index in [1.54, 1.807) is 12.1 Å². The van der Waals surface area contributed by atoms with Gasteiger partial charge in [-0.1, -0.05) is 0 Å². The summed E-state index contributed by atoms with van der Waals surface area (Å²) >= 11 is 0. The van der Waals surface area contributed by atoms with Crippen molar-refractivity contribution in [2.75, 3.05) is 30.0 Å². The van der Waals surface area contributed by atoms with Crippen molar-refractivity contribution in [3.63, 3.8) is 0 Å². The van der Waals surface area contributed by atoms with Crippen LogP contribution >= 0.6 is 0 Å². The van der Waals surface area contributed by atoms with E-state index < -0.39 is 61.9 Å². The number of aromatic nitrogens is 2. The number of primary amides is 1. The zero-order valence-electron chi connectivity index (χ0n) is 27.8. The molecule has 0 bridgehead atoms. The molecular weight excluding hydrogens is 434 g/mol. The number of methoxy groups -OCH3 is 1. The van der Waals surface area contributed by atoms with E-state index in [9.17, 15) is 14.4 Å². The lowest BCUT2D eigenvalue weighted by molar-refractivity contribution is -0.119. The van der Waals surface area contributed by atoms with Crippen LogP contribution in [-0.2, 0) is 11.2 Å². The molecule has 0 unspecified atom stereocenters. The lowest BCUT2D eigenvalue weighted by Gasteiger charge is -2.29. The molecule has 0 saturated carbocycles. The fourth-order valence-corrected chi connectivity index (χ4v) is 3.67. The summed E-state index contributed by atoms with van der Waals surface area (Å²) < 4.78 is 88.2. The quantitative estimate of drug-likeness (QED) is 0.618. The predicted molar refractivity (Wildman–Crippen MR) is 127 cm³/mol. The summed E-state index contributed by atoms with van der Waals surface area (Å²) in [5.41, 5.74) is 4.50. The maximum absolute atomic E-state index is 13.9. The second-order valence-electron chi connectivity index (χ2n) is 7.26. The zero-order chi connectivity index (χ0) is 32.8. The minimum absolute atomic E-state index is 0.0581. The number of benzene rings is 2. The number of ether oxygens (including phenoxy) is 1. The van der Waals surface area contributed by atoms with E-state index in [0.29, 0.717) is 11.4 Å². The van der Waals surface area contributed by atoms with Gasteiger partial charge < -0.3 is 20.3 Å². The average molecular weight is 470 g/mol. The molecule has 3 heterocycles. The molecule has 2 aliphatic heterocycles. The maximum Gasteiger partial charge on any atom is 0.277 e. The van der Waals surface area contributed by atoms with Gasteiger partial charge in [0.05, 0.1) is 12.8 Å². The lowest BCUT2D eigenvalue weighted by Crippen LogP contribution is -2.39. The molecule has 174 valence electrons. The molecule has 2 aliphatic rings. The van der Waals surface area contributed by atoms with Crippen molar-refractivity contribution < 1.29 is 32.8 Å². The number of carbonyl (C=O) groups excluding carboxylic acids is 3. The summed E-state index contributed by atoms with van der Waals surface area (Å²) in [5, 5.41) is 4.16. The summed E-state index contributed by atoms with van der Waals surface area (Å²) in [5.74, 6) is -2.98. The monoisotopic (exact) mass is 469 g/mol. The van der Waals surface area contributed by atoms with Crippen LogP contribution in [0.1, 0.15) is 59.4 Å². The molecular formula is C25H25N5O4. The van der Waals surface area contributed by atoms with Crippen molar-refractivity contribution in [2.24, 2.45) is 5.73 Å². The van der Waals surface area contributed by atoms with Crippen LogP contribution in [0.15, 0.2) is 48.5 Å². The fourth-order valence-electron chi connectivity index (χ4n) is 3.67. The number of anilines is 2. The van der Waals surface area contributed by atoms with Crippen LogP contribution in [0.4, 0.5) is 11.4 Å². The van der Waals surface area contributed by atoms with E-state index in [0.717, 1.165) is 21.7 Å². The Morgan fingerprint density at radius 2 is 1.62 bits per heavy atom. The third-order valence-corrected chi connectivity index (χ3v) is 5.32. The Bertz CT molecular complexity index is 1690. The molecule has 5 rings (SSSR count). The molecule has 2 N–H and O–H groups in total. The first-order chi connectivity index (χ1) is 20.2. The molecule has 1 saturated heterocycles. The largest absolute Gasteiger partial charge is 0.497 e. The van der Waals surface area contributed by atoms with Gasteiger partial charge in [-0.05, 0) is 67.6 Å². The summed E-state index contributed by atoms with van der Waals surface area (Å²) in [6.45, 7) is -3.92. The van der Waals surface area contributed by atoms with Crippen molar-refractivity contribution >= 4 is 29.1 Å². The number of nitrogens with two attached hydrogens (primary N) is 1. The van der Waals surface area contributed by atoms with E-state index >= 15 is 0 Å². The Morgan fingerprint density at radius 3 is 2.26 bits per heavy atom. The van der Waals surface area contributed by atoms with E-state index in [1.807, 2.05) is 0 Å². The third-order valence-electron chi connectivity index (χ3n) is 5.32. The van der Waals surface area contributed by atoms with Gasteiger partial charge in [-0.25, -0.2) is 4.68 Å². The van der Waals surface area contributed by atoms with E-state index in [4.69, 9.17) is 24.2 Å². The zero-order valence-corrected chi connectivity index (χ0v) is 17.8. The molecule has 3 aromatic rings. The van der Waals surface area contributed by atoms with Crippen molar-refractivity contribution in [3.8, 4) is 11.4 Å². The van der Waals surface area contributed by atoms with Crippen LogP contribution in [0.25, 0.3) is 5.69 Å². The first kappa shape index (κ1) is 12.9. The minimum Gasteiger partial charge on any atom is -0.497 e. The fraction of sp³-hybridized carbons (Fsp3) is 0.280. The highest BCUT2D eigenvalue weighted by molar-refractivity contribution is 6.09. The maximum atomic E-state index is 13.9. The molecule has 9 heteroatoms. The van der Waals surface area contributed by atoms with Gasteiger partial charge in [-0.2, -0.15) is 5.10 Å². The average Bonchev–Trinajstić information content (AvgIpc) is 3.37. The van der Waals surface area contributed by atoms with Crippen molar-refractivity contribution in [2.45, 2.75) is 25.5 Å². The molecule has 9 nitrogen and oxygen atoms in total. The second kappa shape index (κ2) is 8.66. The second-order valence-corrected chi connectivity index (χ2v) is 7.26. The van der Waals surface area contributed by atoms with Crippen molar-refractivity contribution in [1.82, 2.24) is 9.78 Å².